The van der Waals surface area contributed by atoms with Crippen LogP contribution in [-0.4, -0.2) is 18.7 Å². The zero-order chi connectivity index (χ0) is 10.8. The molecule has 1 aliphatic rings. The van der Waals surface area contributed by atoms with Gasteiger partial charge in [0.05, 0.1) is 12.8 Å². The molecule has 0 unspecified atom stereocenters. The van der Waals surface area contributed by atoms with E-state index in [0.29, 0.717) is 0 Å². The normalized spacial score (nSPS) is 19.7. The Hall–Kier alpha value is -1.84. The molecular weight excluding hydrogens is 192 g/mol. The van der Waals surface area contributed by atoms with E-state index in [0.717, 1.165) is 17.0 Å². The molecule has 1 atom stereocenters. The second kappa shape index (κ2) is 3.73. The van der Waals surface area contributed by atoms with Crippen molar-refractivity contribution in [3.63, 3.8) is 0 Å². The maximum atomic E-state index is 11.5. The molecule has 0 saturated carbocycles. The van der Waals surface area contributed by atoms with Crippen molar-refractivity contribution >= 4 is 11.6 Å². The lowest BCUT2D eigenvalue weighted by Gasteiger charge is -2.08. The van der Waals surface area contributed by atoms with E-state index in [9.17, 15) is 4.79 Å². The Morgan fingerprint density at radius 1 is 1.33 bits per heavy atom. The molecule has 1 aliphatic heterocycles. The largest absolute Gasteiger partial charge is 0.497 e. The van der Waals surface area contributed by atoms with Gasteiger partial charge in [-0.15, -0.1) is 0 Å². The van der Waals surface area contributed by atoms with Crippen LogP contribution in [0.15, 0.2) is 29.4 Å². The Labute approximate surface area is 87.9 Å². The fourth-order valence-electron chi connectivity index (χ4n) is 1.65. The van der Waals surface area contributed by atoms with Gasteiger partial charge < -0.3 is 4.74 Å². The summed E-state index contributed by atoms with van der Waals surface area (Å²) in [5, 5.41) is 3.90. The fraction of sp³-hybridized carbons (Fsp3) is 0.273. The summed E-state index contributed by atoms with van der Waals surface area (Å²) in [6, 6.07) is 7.45. The van der Waals surface area contributed by atoms with Gasteiger partial charge in [0.2, 0.25) is 0 Å². The molecule has 78 valence electrons. The second-order valence-corrected chi connectivity index (χ2v) is 3.44. The van der Waals surface area contributed by atoms with Crippen molar-refractivity contribution in [1.82, 2.24) is 5.43 Å². The SMILES string of the molecule is COc1ccc([C@@H]2C(=O)NN=C2C)cc1. The van der Waals surface area contributed by atoms with Crippen LogP contribution in [-0.2, 0) is 4.79 Å². The molecule has 0 spiro atoms. The Morgan fingerprint density at radius 3 is 2.47 bits per heavy atom. The minimum absolute atomic E-state index is 0.0716. The quantitative estimate of drug-likeness (QED) is 0.789. The third kappa shape index (κ3) is 1.70. The minimum Gasteiger partial charge on any atom is -0.497 e. The monoisotopic (exact) mass is 204 g/mol. The number of amides is 1. The number of carbonyl (C=O) groups is 1. The molecule has 1 aromatic rings. The minimum atomic E-state index is -0.254. The van der Waals surface area contributed by atoms with Gasteiger partial charge in [-0.25, -0.2) is 5.43 Å². The molecule has 0 radical (unpaired) electrons. The topological polar surface area (TPSA) is 50.7 Å². The van der Waals surface area contributed by atoms with Crippen LogP contribution in [0.5, 0.6) is 5.75 Å². The van der Waals surface area contributed by atoms with Crippen LogP contribution in [0, 0.1) is 0 Å². The Balaban J connectivity index is 2.29. The molecular formula is C11H12N2O2. The Morgan fingerprint density at radius 2 is 2.00 bits per heavy atom. The third-order valence-electron chi connectivity index (χ3n) is 2.47. The number of nitrogens with zero attached hydrogens (tertiary/aromatic N) is 1. The van der Waals surface area contributed by atoms with Gasteiger partial charge in [-0.2, -0.15) is 5.10 Å². The summed E-state index contributed by atoms with van der Waals surface area (Å²) in [5.74, 6) is 0.459. The Kier molecular flexibility index (Phi) is 2.41. The molecule has 1 amide bonds. The fourth-order valence-corrected chi connectivity index (χ4v) is 1.65. The first-order valence-corrected chi connectivity index (χ1v) is 4.70. The summed E-state index contributed by atoms with van der Waals surface area (Å²) in [6.07, 6.45) is 0. The highest BCUT2D eigenvalue weighted by Gasteiger charge is 2.28. The summed E-state index contributed by atoms with van der Waals surface area (Å²) in [5.41, 5.74) is 4.20. The lowest BCUT2D eigenvalue weighted by atomic mass is 9.95. The summed E-state index contributed by atoms with van der Waals surface area (Å²) in [6.45, 7) is 1.84. The van der Waals surface area contributed by atoms with Gasteiger partial charge in [0.15, 0.2) is 0 Å². The second-order valence-electron chi connectivity index (χ2n) is 3.44. The van der Waals surface area contributed by atoms with Crippen molar-refractivity contribution in [3.8, 4) is 5.75 Å². The first-order valence-electron chi connectivity index (χ1n) is 4.70. The van der Waals surface area contributed by atoms with Crippen molar-refractivity contribution in [2.45, 2.75) is 12.8 Å². The number of carbonyl (C=O) groups excluding carboxylic acids is 1. The van der Waals surface area contributed by atoms with E-state index in [-0.39, 0.29) is 11.8 Å². The van der Waals surface area contributed by atoms with Gasteiger partial charge in [-0.1, -0.05) is 12.1 Å². The number of hydrazone groups is 1. The van der Waals surface area contributed by atoms with E-state index in [1.807, 2.05) is 31.2 Å². The average Bonchev–Trinajstić information content (AvgIpc) is 2.59. The number of rotatable bonds is 2. The van der Waals surface area contributed by atoms with E-state index in [1.165, 1.54) is 0 Å². The van der Waals surface area contributed by atoms with Crippen LogP contribution in [0.2, 0.25) is 0 Å². The molecule has 1 heterocycles. The van der Waals surface area contributed by atoms with Gasteiger partial charge >= 0.3 is 0 Å². The van der Waals surface area contributed by atoms with Gasteiger partial charge in [0.25, 0.3) is 5.91 Å². The van der Waals surface area contributed by atoms with Crippen molar-refractivity contribution in [1.29, 1.82) is 0 Å². The van der Waals surface area contributed by atoms with E-state index >= 15 is 0 Å². The number of methoxy groups -OCH3 is 1. The van der Waals surface area contributed by atoms with Crippen LogP contribution in [0.1, 0.15) is 18.4 Å². The predicted octanol–water partition coefficient (Wildman–Crippen LogP) is 1.28. The van der Waals surface area contributed by atoms with E-state index in [4.69, 9.17) is 4.74 Å². The van der Waals surface area contributed by atoms with Gasteiger partial charge in [-0.05, 0) is 24.6 Å². The average molecular weight is 204 g/mol. The van der Waals surface area contributed by atoms with E-state index in [1.54, 1.807) is 7.11 Å². The van der Waals surface area contributed by atoms with Crippen LogP contribution in [0.25, 0.3) is 0 Å². The lowest BCUT2D eigenvalue weighted by molar-refractivity contribution is -0.120. The summed E-state index contributed by atoms with van der Waals surface area (Å²) in [4.78, 5) is 11.5. The van der Waals surface area contributed by atoms with Gasteiger partial charge in [-0.3, -0.25) is 4.79 Å². The summed E-state index contributed by atoms with van der Waals surface area (Å²) < 4.78 is 5.05. The summed E-state index contributed by atoms with van der Waals surface area (Å²) in [7, 11) is 1.62. The highest BCUT2D eigenvalue weighted by Crippen LogP contribution is 2.23. The molecule has 4 heteroatoms. The van der Waals surface area contributed by atoms with Crippen LogP contribution in [0.3, 0.4) is 0 Å². The highest BCUT2D eigenvalue weighted by atomic mass is 16.5. The molecule has 4 nitrogen and oxygen atoms in total. The van der Waals surface area contributed by atoms with Crippen molar-refractivity contribution in [2.75, 3.05) is 7.11 Å². The van der Waals surface area contributed by atoms with E-state index in [2.05, 4.69) is 10.5 Å². The number of nitrogens with one attached hydrogen (secondary N) is 1. The number of ether oxygens (including phenoxy) is 1. The molecule has 0 fully saturated rings. The zero-order valence-electron chi connectivity index (χ0n) is 8.65. The lowest BCUT2D eigenvalue weighted by Crippen LogP contribution is -2.20. The maximum absolute atomic E-state index is 11.5. The maximum Gasteiger partial charge on any atom is 0.253 e. The zero-order valence-corrected chi connectivity index (χ0v) is 8.65. The molecule has 0 bridgehead atoms. The molecule has 2 rings (SSSR count). The molecule has 0 aromatic heterocycles. The molecule has 1 N–H and O–H groups in total. The molecule has 0 saturated heterocycles. The number of hydrogen-bond donors (Lipinski definition) is 1. The van der Waals surface area contributed by atoms with Gasteiger partial charge in [0.1, 0.15) is 11.7 Å². The van der Waals surface area contributed by atoms with Gasteiger partial charge in [0, 0.05) is 0 Å². The van der Waals surface area contributed by atoms with Crippen molar-refractivity contribution in [2.24, 2.45) is 5.10 Å². The van der Waals surface area contributed by atoms with Crippen LogP contribution >= 0.6 is 0 Å². The summed E-state index contributed by atoms with van der Waals surface area (Å²) >= 11 is 0. The number of benzene rings is 1. The van der Waals surface area contributed by atoms with Crippen molar-refractivity contribution < 1.29 is 9.53 Å². The third-order valence-corrected chi connectivity index (χ3v) is 2.47. The molecule has 15 heavy (non-hydrogen) atoms. The first-order chi connectivity index (χ1) is 7.22. The standard InChI is InChI=1S/C11H12N2O2/c1-7-10(11(14)13-12-7)8-3-5-9(15-2)6-4-8/h3-6,10H,1-2H3,(H,13,14)/t10-/m1/s1. The molecule has 0 aliphatic carbocycles. The molecule has 1 aromatic carbocycles. The first kappa shape index (κ1) is 9.71. The van der Waals surface area contributed by atoms with Crippen molar-refractivity contribution in [3.05, 3.63) is 29.8 Å². The smallest absolute Gasteiger partial charge is 0.253 e. The van der Waals surface area contributed by atoms with Crippen LogP contribution in [0.4, 0.5) is 0 Å². The van der Waals surface area contributed by atoms with E-state index < -0.39 is 0 Å². The van der Waals surface area contributed by atoms with Crippen LogP contribution < -0.4 is 10.2 Å². The predicted molar refractivity (Wildman–Crippen MR) is 57.0 cm³/mol. The Bertz CT molecular complexity index is 409. The number of hydrogen-bond acceptors (Lipinski definition) is 3. The highest BCUT2D eigenvalue weighted by molar-refractivity contribution is 6.11.